The molecule has 1 aromatic rings. The van der Waals surface area contributed by atoms with Crippen molar-refractivity contribution in [3.63, 3.8) is 0 Å². The quantitative estimate of drug-likeness (QED) is 0.815. The van der Waals surface area contributed by atoms with Crippen LogP contribution in [0.2, 0.25) is 0 Å². The van der Waals surface area contributed by atoms with Gasteiger partial charge in [-0.3, -0.25) is 4.79 Å². The van der Waals surface area contributed by atoms with Crippen LogP contribution >= 0.6 is 11.6 Å². The number of anilines is 1. The molecule has 1 N–H and O–H groups in total. The number of amides is 1. The lowest BCUT2D eigenvalue weighted by Gasteiger charge is -2.06. The molecule has 0 radical (unpaired) electrons. The Morgan fingerprint density at radius 1 is 1.38 bits per heavy atom. The van der Waals surface area contributed by atoms with Crippen LogP contribution in [0.25, 0.3) is 0 Å². The van der Waals surface area contributed by atoms with Gasteiger partial charge in [-0.1, -0.05) is 0 Å². The second kappa shape index (κ2) is 6.27. The third-order valence-electron chi connectivity index (χ3n) is 1.64. The van der Waals surface area contributed by atoms with Crippen molar-refractivity contribution in [3.05, 3.63) is 24.3 Å². The van der Waals surface area contributed by atoms with Crippen molar-refractivity contribution in [2.24, 2.45) is 0 Å². The van der Waals surface area contributed by atoms with E-state index in [-0.39, 0.29) is 11.8 Å². The lowest BCUT2D eigenvalue weighted by molar-refractivity contribution is -0.113. The monoisotopic (exact) mass is 249 g/mol. The van der Waals surface area contributed by atoms with Crippen LogP contribution in [0.4, 0.5) is 14.5 Å². The van der Waals surface area contributed by atoms with E-state index in [1.807, 2.05) is 0 Å². The first-order valence-electron chi connectivity index (χ1n) is 4.48. The van der Waals surface area contributed by atoms with Crippen LogP contribution in [0.1, 0.15) is 0 Å². The van der Waals surface area contributed by atoms with Gasteiger partial charge in [-0.05, 0) is 24.3 Å². The maximum absolute atomic E-state index is 11.8. The topological polar surface area (TPSA) is 38.3 Å². The molecule has 0 fully saturated rings. The summed E-state index contributed by atoms with van der Waals surface area (Å²) < 4.78 is 28.4. The zero-order valence-corrected chi connectivity index (χ0v) is 9.01. The Balaban J connectivity index is 2.51. The number of alkyl halides is 3. The molecule has 0 unspecified atom stereocenters. The van der Waals surface area contributed by atoms with Gasteiger partial charge in [0.25, 0.3) is 6.43 Å². The summed E-state index contributed by atoms with van der Waals surface area (Å²) in [6, 6.07) is 6.08. The minimum atomic E-state index is -2.50. The Morgan fingerprint density at radius 2 is 2.00 bits per heavy atom. The van der Waals surface area contributed by atoms with E-state index in [9.17, 15) is 13.6 Å². The van der Waals surface area contributed by atoms with Crippen LogP contribution in [0, 0.1) is 0 Å². The fourth-order valence-corrected chi connectivity index (χ4v) is 1.05. The van der Waals surface area contributed by atoms with E-state index in [1.165, 1.54) is 12.1 Å². The van der Waals surface area contributed by atoms with E-state index in [2.05, 4.69) is 5.32 Å². The lowest BCUT2D eigenvalue weighted by Crippen LogP contribution is -2.12. The van der Waals surface area contributed by atoms with Gasteiger partial charge < -0.3 is 10.1 Å². The number of rotatable bonds is 5. The van der Waals surface area contributed by atoms with Gasteiger partial charge in [-0.15, -0.1) is 11.6 Å². The first-order valence-corrected chi connectivity index (χ1v) is 5.02. The minimum absolute atomic E-state index is 0.135. The summed E-state index contributed by atoms with van der Waals surface area (Å²) >= 11 is 5.30. The SMILES string of the molecule is O=C(CCl)Nc1ccc(OCC(F)F)cc1. The first-order chi connectivity index (χ1) is 7.61. The van der Waals surface area contributed by atoms with Gasteiger partial charge in [0.05, 0.1) is 0 Å². The van der Waals surface area contributed by atoms with Gasteiger partial charge in [0.1, 0.15) is 18.2 Å². The predicted octanol–water partition coefficient (Wildman–Crippen LogP) is 2.51. The molecule has 16 heavy (non-hydrogen) atoms. The van der Waals surface area contributed by atoms with E-state index in [0.29, 0.717) is 11.4 Å². The number of hydrogen-bond acceptors (Lipinski definition) is 2. The molecule has 88 valence electrons. The van der Waals surface area contributed by atoms with Gasteiger partial charge in [0.15, 0.2) is 0 Å². The van der Waals surface area contributed by atoms with Crippen molar-refractivity contribution in [1.29, 1.82) is 0 Å². The molecule has 0 saturated carbocycles. The standard InChI is InChI=1S/C10H10ClF2NO2/c11-5-10(15)14-7-1-3-8(4-2-7)16-6-9(12)13/h1-4,9H,5-6H2,(H,14,15). The second-order valence-electron chi connectivity index (χ2n) is 2.91. The molecule has 0 saturated heterocycles. The van der Waals surface area contributed by atoms with Crippen LogP contribution in [-0.4, -0.2) is 24.8 Å². The summed E-state index contributed by atoms with van der Waals surface area (Å²) in [4.78, 5) is 10.9. The Kier molecular flexibility index (Phi) is 4.98. The lowest BCUT2D eigenvalue weighted by atomic mass is 10.3. The summed E-state index contributed by atoms with van der Waals surface area (Å²) in [6.45, 7) is -0.645. The summed E-state index contributed by atoms with van der Waals surface area (Å²) in [5, 5.41) is 2.51. The molecule has 0 aromatic heterocycles. The normalized spacial score (nSPS) is 10.2. The van der Waals surface area contributed by atoms with Gasteiger partial charge in [-0.25, -0.2) is 8.78 Å². The van der Waals surface area contributed by atoms with Crippen molar-refractivity contribution in [2.75, 3.05) is 17.8 Å². The fourth-order valence-electron chi connectivity index (χ4n) is 0.988. The zero-order valence-electron chi connectivity index (χ0n) is 8.25. The number of nitrogens with one attached hydrogen (secondary N) is 1. The van der Waals surface area contributed by atoms with Gasteiger partial charge in [-0.2, -0.15) is 0 Å². The Labute approximate surface area is 96.4 Å². The summed E-state index contributed by atoms with van der Waals surface area (Å²) in [7, 11) is 0. The predicted molar refractivity (Wildman–Crippen MR) is 57.3 cm³/mol. The second-order valence-corrected chi connectivity index (χ2v) is 3.18. The number of carbonyl (C=O) groups is 1. The van der Waals surface area contributed by atoms with Gasteiger partial charge >= 0.3 is 0 Å². The van der Waals surface area contributed by atoms with E-state index in [4.69, 9.17) is 16.3 Å². The summed E-state index contributed by atoms with van der Waals surface area (Å²) in [6.07, 6.45) is -2.50. The van der Waals surface area contributed by atoms with Crippen LogP contribution in [-0.2, 0) is 4.79 Å². The Morgan fingerprint density at radius 3 is 2.50 bits per heavy atom. The van der Waals surface area contributed by atoms with E-state index in [0.717, 1.165) is 0 Å². The molecule has 1 amide bonds. The average Bonchev–Trinajstić information content (AvgIpc) is 2.28. The molecule has 0 spiro atoms. The number of hydrogen-bond donors (Lipinski definition) is 1. The van der Waals surface area contributed by atoms with Crippen molar-refractivity contribution < 1.29 is 18.3 Å². The third-order valence-corrected chi connectivity index (χ3v) is 1.88. The zero-order chi connectivity index (χ0) is 12.0. The number of benzene rings is 1. The molecule has 3 nitrogen and oxygen atoms in total. The molecule has 0 heterocycles. The smallest absolute Gasteiger partial charge is 0.272 e. The minimum Gasteiger partial charge on any atom is -0.488 e. The van der Waals surface area contributed by atoms with Crippen LogP contribution in [0.3, 0.4) is 0 Å². The number of carbonyl (C=O) groups excluding carboxylic acids is 1. The molecular weight excluding hydrogens is 240 g/mol. The average molecular weight is 250 g/mol. The van der Waals surface area contributed by atoms with Crippen molar-refractivity contribution in [2.45, 2.75) is 6.43 Å². The maximum Gasteiger partial charge on any atom is 0.272 e. The fraction of sp³-hybridized carbons (Fsp3) is 0.300. The van der Waals surface area contributed by atoms with Crippen molar-refractivity contribution in [3.8, 4) is 5.75 Å². The maximum atomic E-state index is 11.8. The van der Waals surface area contributed by atoms with Crippen molar-refractivity contribution in [1.82, 2.24) is 0 Å². The molecule has 0 aliphatic heterocycles. The van der Waals surface area contributed by atoms with Crippen LogP contribution in [0.15, 0.2) is 24.3 Å². The molecule has 6 heteroatoms. The Bertz CT molecular complexity index is 343. The highest BCUT2D eigenvalue weighted by molar-refractivity contribution is 6.29. The van der Waals surface area contributed by atoms with Crippen molar-refractivity contribution >= 4 is 23.2 Å². The van der Waals surface area contributed by atoms with E-state index < -0.39 is 13.0 Å². The molecule has 1 aromatic carbocycles. The Hall–Kier alpha value is -1.36. The van der Waals surface area contributed by atoms with Gasteiger partial charge in [0, 0.05) is 5.69 Å². The number of halogens is 3. The van der Waals surface area contributed by atoms with E-state index in [1.54, 1.807) is 12.1 Å². The highest BCUT2D eigenvalue weighted by atomic mass is 35.5. The van der Waals surface area contributed by atoms with Crippen LogP contribution in [0.5, 0.6) is 5.75 Å². The third kappa shape index (κ3) is 4.44. The largest absolute Gasteiger partial charge is 0.488 e. The van der Waals surface area contributed by atoms with Crippen LogP contribution < -0.4 is 10.1 Å². The summed E-state index contributed by atoms with van der Waals surface area (Å²) in [5.74, 6) is -0.143. The highest BCUT2D eigenvalue weighted by Crippen LogP contribution is 2.16. The molecule has 0 atom stereocenters. The molecule has 0 aliphatic carbocycles. The van der Waals surface area contributed by atoms with E-state index >= 15 is 0 Å². The number of ether oxygens (including phenoxy) is 1. The van der Waals surface area contributed by atoms with Gasteiger partial charge in [0.2, 0.25) is 5.91 Å². The summed E-state index contributed by atoms with van der Waals surface area (Å²) in [5.41, 5.74) is 0.537. The highest BCUT2D eigenvalue weighted by Gasteiger charge is 2.04. The molecule has 0 bridgehead atoms. The first kappa shape index (κ1) is 12.7. The molecule has 0 aliphatic rings. The molecule has 1 rings (SSSR count). The molecular formula is C10H10ClF2NO2.